The predicted octanol–water partition coefficient (Wildman–Crippen LogP) is 0.932. The van der Waals surface area contributed by atoms with Gasteiger partial charge in [0.25, 0.3) is 0 Å². The number of nitrogens with zero attached hydrogens (tertiary/aromatic N) is 1. The van der Waals surface area contributed by atoms with Crippen LogP contribution in [0.5, 0.6) is 0 Å². The van der Waals surface area contributed by atoms with E-state index in [-0.39, 0.29) is 0 Å². The van der Waals surface area contributed by atoms with Crippen molar-refractivity contribution in [3.8, 4) is 0 Å². The minimum absolute atomic E-state index is 0.709. The highest BCUT2D eigenvalue weighted by Gasteiger charge is 2.18. The third-order valence-corrected chi connectivity index (χ3v) is 2.99. The van der Waals surface area contributed by atoms with Crippen LogP contribution in [-0.2, 0) is 11.0 Å². The van der Waals surface area contributed by atoms with Crippen LogP contribution in [0.15, 0.2) is 12.2 Å². The summed E-state index contributed by atoms with van der Waals surface area (Å²) in [5.74, 6) is 0.841. The zero-order chi connectivity index (χ0) is 7.56. The van der Waals surface area contributed by atoms with E-state index in [0.29, 0.717) is 0 Å². The van der Waals surface area contributed by atoms with Gasteiger partial charge in [-0.25, -0.2) is 8.51 Å². The van der Waals surface area contributed by atoms with Crippen molar-refractivity contribution in [2.24, 2.45) is 0 Å². The Bertz CT molecular complexity index is 167. The molecule has 1 fully saturated rings. The molecule has 1 saturated heterocycles. The van der Waals surface area contributed by atoms with Gasteiger partial charge in [-0.15, -0.1) is 0 Å². The predicted molar refractivity (Wildman–Crippen MR) is 44.0 cm³/mol. The van der Waals surface area contributed by atoms with E-state index in [1.54, 1.807) is 0 Å². The molecule has 10 heavy (non-hydrogen) atoms. The highest BCUT2D eigenvalue weighted by atomic mass is 32.2. The number of rotatable bonds is 2. The molecule has 0 amide bonds. The van der Waals surface area contributed by atoms with E-state index in [1.807, 2.05) is 11.2 Å². The monoisotopic (exact) mass is 159 g/mol. The van der Waals surface area contributed by atoms with E-state index in [9.17, 15) is 4.21 Å². The Morgan fingerprint density at radius 1 is 1.80 bits per heavy atom. The van der Waals surface area contributed by atoms with Crippen LogP contribution in [0.4, 0.5) is 0 Å². The van der Waals surface area contributed by atoms with Crippen LogP contribution in [-0.4, -0.2) is 27.4 Å². The summed E-state index contributed by atoms with van der Waals surface area (Å²) < 4.78 is 13.1. The molecular weight excluding hydrogens is 146 g/mol. The Kier molecular flexibility index (Phi) is 2.63. The topological polar surface area (TPSA) is 20.3 Å². The summed E-state index contributed by atoms with van der Waals surface area (Å²) in [6.45, 7) is 7.51. The molecule has 1 aliphatic heterocycles. The summed E-state index contributed by atoms with van der Waals surface area (Å²) >= 11 is 0. The van der Waals surface area contributed by atoms with Crippen molar-refractivity contribution in [3.05, 3.63) is 12.2 Å². The first-order valence-corrected chi connectivity index (χ1v) is 4.75. The lowest BCUT2D eigenvalue weighted by atomic mass is 10.3. The molecule has 1 heterocycles. The lowest BCUT2D eigenvalue weighted by molar-refractivity contribution is 0.510. The van der Waals surface area contributed by atoms with Gasteiger partial charge in [0, 0.05) is 18.8 Å². The first-order valence-electron chi connectivity index (χ1n) is 3.48. The second-order valence-corrected chi connectivity index (χ2v) is 4.27. The maximum absolute atomic E-state index is 11.1. The third kappa shape index (κ3) is 1.92. The molecule has 0 saturated carbocycles. The van der Waals surface area contributed by atoms with Gasteiger partial charge in [0.2, 0.25) is 0 Å². The van der Waals surface area contributed by atoms with E-state index in [1.165, 1.54) is 0 Å². The summed E-state index contributed by atoms with van der Waals surface area (Å²) in [5.41, 5.74) is 1.09. The van der Waals surface area contributed by atoms with Crippen LogP contribution in [0.2, 0.25) is 0 Å². The van der Waals surface area contributed by atoms with Gasteiger partial charge in [-0.3, -0.25) is 0 Å². The third-order valence-electron chi connectivity index (χ3n) is 1.46. The molecule has 0 aliphatic carbocycles. The standard InChI is InChI=1S/C7H13NOS/c1-7(2)6-8-4-3-5-10(8)9/h1,3-6H2,2H3. The number of hydrogen-bond donors (Lipinski definition) is 0. The molecule has 0 spiro atoms. The molecule has 0 bridgehead atoms. The second-order valence-electron chi connectivity index (χ2n) is 2.70. The lowest BCUT2D eigenvalue weighted by Gasteiger charge is -2.11. The molecule has 0 aromatic rings. The van der Waals surface area contributed by atoms with Crippen LogP contribution in [0, 0.1) is 0 Å². The maximum Gasteiger partial charge on any atom is 0.0946 e. The van der Waals surface area contributed by atoms with E-state index in [2.05, 4.69) is 6.58 Å². The quantitative estimate of drug-likeness (QED) is 0.549. The van der Waals surface area contributed by atoms with Crippen LogP contribution < -0.4 is 0 Å². The average molecular weight is 159 g/mol. The highest BCUT2D eigenvalue weighted by Crippen LogP contribution is 2.09. The Morgan fingerprint density at radius 3 is 2.90 bits per heavy atom. The van der Waals surface area contributed by atoms with Crippen molar-refractivity contribution in [2.45, 2.75) is 13.3 Å². The lowest BCUT2D eigenvalue weighted by Crippen LogP contribution is -2.22. The molecule has 0 aromatic carbocycles. The minimum Gasteiger partial charge on any atom is -0.243 e. The molecule has 2 nitrogen and oxygen atoms in total. The Balaban J connectivity index is 2.40. The summed E-state index contributed by atoms with van der Waals surface area (Å²) in [7, 11) is -0.709. The van der Waals surface area contributed by atoms with Crippen molar-refractivity contribution in [3.63, 3.8) is 0 Å². The van der Waals surface area contributed by atoms with Crippen LogP contribution in [0.25, 0.3) is 0 Å². The minimum atomic E-state index is -0.709. The zero-order valence-corrected chi connectivity index (χ0v) is 7.12. The van der Waals surface area contributed by atoms with E-state index >= 15 is 0 Å². The number of hydrogen-bond acceptors (Lipinski definition) is 1. The normalized spacial score (nSPS) is 27.1. The fourth-order valence-corrected chi connectivity index (χ4v) is 2.38. The van der Waals surface area contributed by atoms with Crippen LogP contribution in [0.1, 0.15) is 13.3 Å². The van der Waals surface area contributed by atoms with Crippen molar-refractivity contribution < 1.29 is 4.21 Å². The van der Waals surface area contributed by atoms with Gasteiger partial charge in [-0.05, 0) is 13.3 Å². The van der Waals surface area contributed by atoms with Gasteiger partial charge in [0.1, 0.15) is 0 Å². The molecule has 1 aliphatic rings. The van der Waals surface area contributed by atoms with Gasteiger partial charge >= 0.3 is 0 Å². The smallest absolute Gasteiger partial charge is 0.0946 e. The van der Waals surface area contributed by atoms with E-state index in [4.69, 9.17) is 0 Å². The van der Waals surface area contributed by atoms with Crippen molar-refractivity contribution in [1.29, 1.82) is 0 Å². The van der Waals surface area contributed by atoms with Gasteiger partial charge in [0.05, 0.1) is 11.0 Å². The molecule has 0 aromatic heterocycles. The Labute approximate surface area is 64.5 Å². The highest BCUT2D eigenvalue weighted by molar-refractivity contribution is 7.82. The molecule has 3 heteroatoms. The largest absolute Gasteiger partial charge is 0.243 e. The molecule has 1 unspecified atom stereocenters. The van der Waals surface area contributed by atoms with Crippen molar-refractivity contribution in [2.75, 3.05) is 18.8 Å². The van der Waals surface area contributed by atoms with Gasteiger partial charge in [-0.2, -0.15) is 0 Å². The first kappa shape index (κ1) is 7.95. The zero-order valence-electron chi connectivity index (χ0n) is 6.30. The second kappa shape index (κ2) is 3.30. The molecule has 0 N–H and O–H groups in total. The Morgan fingerprint density at radius 2 is 2.50 bits per heavy atom. The molecule has 58 valence electrons. The van der Waals surface area contributed by atoms with E-state index < -0.39 is 11.0 Å². The average Bonchev–Trinajstić information content (AvgIpc) is 2.15. The summed E-state index contributed by atoms with van der Waals surface area (Å²) in [5, 5.41) is 0. The van der Waals surface area contributed by atoms with Gasteiger partial charge in [0.15, 0.2) is 0 Å². The SMILES string of the molecule is C=C(C)CN1CCCS1=O. The summed E-state index contributed by atoms with van der Waals surface area (Å²) in [4.78, 5) is 0. The Hall–Kier alpha value is -0.150. The van der Waals surface area contributed by atoms with Gasteiger partial charge in [-0.1, -0.05) is 12.2 Å². The van der Waals surface area contributed by atoms with Crippen molar-refractivity contribution in [1.82, 2.24) is 4.31 Å². The van der Waals surface area contributed by atoms with Crippen LogP contribution in [0.3, 0.4) is 0 Å². The summed E-state index contributed by atoms with van der Waals surface area (Å²) in [6.07, 6.45) is 1.07. The fourth-order valence-electron chi connectivity index (χ4n) is 1.05. The molecular formula is C7H13NOS. The summed E-state index contributed by atoms with van der Waals surface area (Å²) in [6, 6.07) is 0. The van der Waals surface area contributed by atoms with E-state index in [0.717, 1.165) is 30.8 Å². The van der Waals surface area contributed by atoms with Crippen LogP contribution >= 0.6 is 0 Å². The fraction of sp³-hybridized carbons (Fsp3) is 0.714. The van der Waals surface area contributed by atoms with Crippen molar-refractivity contribution >= 4 is 11.0 Å². The molecule has 1 atom stereocenters. The first-order chi connectivity index (χ1) is 4.70. The molecule has 1 rings (SSSR count). The maximum atomic E-state index is 11.1. The molecule has 0 radical (unpaired) electrons. The van der Waals surface area contributed by atoms with Gasteiger partial charge < -0.3 is 0 Å².